The van der Waals surface area contributed by atoms with E-state index in [1.54, 1.807) is 6.07 Å². The van der Waals surface area contributed by atoms with Crippen molar-refractivity contribution in [3.8, 4) is 11.5 Å². The summed E-state index contributed by atoms with van der Waals surface area (Å²) in [4.78, 5) is 0. The molecule has 142 valence electrons. The largest absolute Gasteiger partial charge is 0.508 e. The molecule has 1 fully saturated rings. The van der Waals surface area contributed by atoms with E-state index in [1.165, 1.54) is 11.1 Å². The first-order chi connectivity index (χ1) is 12.7. The second-order valence-electron chi connectivity index (χ2n) is 8.58. The highest BCUT2D eigenvalue weighted by Crippen LogP contribution is 2.49. The van der Waals surface area contributed by atoms with Crippen molar-refractivity contribution in [3.05, 3.63) is 58.7 Å². The second-order valence-corrected chi connectivity index (χ2v) is 8.99. The lowest BCUT2D eigenvalue weighted by atomic mass is 9.76. The van der Waals surface area contributed by atoms with Crippen molar-refractivity contribution in [2.75, 3.05) is 0 Å². The van der Waals surface area contributed by atoms with Crippen molar-refractivity contribution >= 4 is 17.3 Å². The van der Waals surface area contributed by atoms with Crippen molar-refractivity contribution in [1.29, 1.82) is 0 Å². The van der Waals surface area contributed by atoms with E-state index < -0.39 is 5.72 Å². The molecule has 27 heavy (non-hydrogen) atoms. The van der Waals surface area contributed by atoms with Crippen LogP contribution in [0, 0.1) is 13.8 Å². The predicted octanol–water partition coefficient (Wildman–Crippen LogP) is 4.27. The summed E-state index contributed by atoms with van der Waals surface area (Å²) in [5.74, 6) is 1.12. The van der Waals surface area contributed by atoms with Crippen molar-refractivity contribution in [2.24, 2.45) is 0 Å². The molecule has 5 heteroatoms. The molecule has 0 aromatic heterocycles. The van der Waals surface area contributed by atoms with Crippen LogP contribution in [0.4, 0.5) is 0 Å². The molecule has 3 N–H and O–H groups in total. The minimum absolute atomic E-state index is 0.165. The number of benzene rings is 2. The van der Waals surface area contributed by atoms with Gasteiger partial charge >= 0.3 is 0 Å². The highest BCUT2D eigenvalue weighted by Gasteiger charge is 2.49. The molecular formula is C22H26N2O2S. The zero-order valence-electron chi connectivity index (χ0n) is 16.2. The summed E-state index contributed by atoms with van der Waals surface area (Å²) in [5, 5.41) is 17.5. The topological polar surface area (TPSA) is 53.5 Å². The number of hydrogen-bond acceptors (Lipinski definition) is 3. The van der Waals surface area contributed by atoms with Crippen molar-refractivity contribution in [3.63, 3.8) is 0 Å². The summed E-state index contributed by atoms with van der Waals surface area (Å²) in [6.07, 6.45) is 1.54. The summed E-state index contributed by atoms with van der Waals surface area (Å²) in [7, 11) is 0. The molecule has 2 aliphatic rings. The van der Waals surface area contributed by atoms with E-state index in [9.17, 15) is 5.11 Å². The molecule has 0 unspecified atom stereocenters. The van der Waals surface area contributed by atoms with Gasteiger partial charge in [-0.15, -0.1) is 0 Å². The van der Waals surface area contributed by atoms with Gasteiger partial charge in [-0.1, -0.05) is 29.8 Å². The Morgan fingerprint density at radius 2 is 1.93 bits per heavy atom. The fraction of sp³-hybridized carbons (Fsp3) is 0.409. The first kappa shape index (κ1) is 18.1. The number of thiocarbonyl (C=S) groups is 1. The molecule has 2 aliphatic heterocycles. The number of aryl methyl sites for hydroxylation is 2. The molecule has 0 bridgehead atoms. The molecule has 2 atom stereocenters. The van der Waals surface area contributed by atoms with E-state index in [1.807, 2.05) is 13.0 Å². The summed E-state index contributed by atoms with van der Waals surface area (Å²) in [5.41, 5.74) is 3.91. The second kappa shape index (κ2) is 6.13. The zero-order chi connectivity index (χ0) is 19.4. The van der Waals surface area contributed by atoms with Crippen molar-refractivity contribution in [2.45, 2.75) is 57.7 Å². The Labute approximate surface area is 165 Å². The Bertz CT molecular complexity index is 925. The van der Waals surface area contributed by atoms with Crippen LogP contribution >= 0.6 is 12.2 Å². The lowest BCUT2D eigenvalue weighted by molar-refractivity contribution is -0.0130. The highest BCUT2D eigenvalue weighted by molar-refractivity contribution is 7.80. The number of phenolic OH excluding ortho intramolecular Hbond substituents is 1. The van der Waals surface area contributed by atoms with Crippen molar-refractivity contribution < 1.29 is 9.84 Å². The molecule has 2 aromatic carbocycles. The Balaban J connectivity index is 1.87. The van der Waals surface area contributed by atoms with E-state index >= 15 is 0 Å². The third kappa shape index (κ3) is 3.36. The molecule has 2 aromatic rings. The van der Waals surface area contributed by atoms with Gasteiger partial charge in [0.15, 0.2) is 10.8 Å². The van der Waals surface area contributed by atoms with Gasteiger partial charge < -0.3 is 20.5 Å². The van der Waals surface area contributed by atoms with Gasteiger partial charge in [-0.05, 0) is 57.1 Å². The number of rotatable bonds is 1. The number of nitrogens with one attached hydrogen (secondary N) is 2. The molecule has 0 radical (unpaired) electrons. The van der Waals surface area contributed by atoms with E-state index in [0.717, 1.165) is 29.7 Å². The first-order valence-corrected chi connectivity index (χ1v) is 9.77. The molecule has 0 saturated carbocycles. The van der Waals surface area contributed by atoms with Crippen LogP contribution in [0.2, 0.25) is 0 Å². The van der Waals surface area contributed by atoms with Gasteiger partial charge in [0, 0.05) is 35.9 Å². The predicted molar refractivity (Wildman–Crippen MR) is 111 cm³/mol. The van der Waals surface area contributed by atoms with Crippen molar-refractivity contribution in [1.82, 2.24) is 10.6 Å². The third-order valence-corrected chi connectivity index (χ3v) is 5.69. The highest BCUT2D eigenvalue weighted by atomic mass is 32.1. The zero-order valence-corrected chi connectivity index (χ0v) is 17.0. The van der Waals surface area contributed by atoms with Gasteiger partial charge in [0.2, 0.25) is 0 Å². The maximum atomic E-state index is 10.2. The average molecular weight is 383 g/mol. The minimum atomic E-state index is -0.604. The monoisotopic (exact) mass is 382 g/mol. The first-order valence-electron chi connectivity index (χ1n) is 9.36. The Morgan fingerprint density at radius 3 is 2.63 bits per heavy atom. The van der Waals surface area contributed by atoms with Gasteiger partial charge in [0.05, 0.1) is 0 Å². The van der Waals surface area contributed by atoms with E-state index in [0.29, 0.717) is 5.11 Å². The van der Waals surface area contributed by atoms with Crippen LogP contribution in [0.5, 0.6) is 11.5 Å². The van der Waals surface area contributed by atoms with E-state index in [-0.39, 0.29) is 17.2 Å². The van der Waals surface area contributed by atoms with E-state index in [2.05, 4.69) is 55.7 Å². The van der Waals surface area contributed by atoms with Crippen LogP contribution in [0.15, 0.2) is 36.4 Å². The van der Waals surface area contributed by atoms with Gasteiger partial charge in [0.1, 0.15) is 11.5 Å². The molecule has 4 rings (SSSR count). The smallest absolute Gasteiger partial charge is 0.185 e. The van der Waals surface area contributed by atoms with Crippen LogP contribution in [-0.4, -0.2) is 21.5 Å². The molecule has 1 spiro atoms. The summed E-state index contributed by atoms with van der Waals surface area (Å²) < 4.78 is 6.51. The fourth-order valence-corrected chi connectivity index (χ4v) is 5.13. The number of ether oxygens (including phenoxy) is 1. The lowest BCUT2D eigenvalue weighted by Gasteiger charge is -2.50. The maximum Gasteiger partial charge on any atom is 0.185 e. The van der Waals surface area contributed by atoms with Gasteiger partial charge in [0.25, 0.3) is 0 Å². The third-order valence-electron chi connectivity index (χ3n) is 5.49. The average Bonchev–Trinajstić information content (AvgIpc) is 2.51. The van der Waals surface area contributed by atoms with Crippen LogP contribution in [-0.2, 0) is 0 Å². The minimum Gasteiger partial charge on any atom is -0.508 e. The Kier molecular flexibility index (Phi) is 4.11. The maximum absolute atomic E-state index is 10.2. The molecule has 0 aliphatic carbocycles. The van der Waals surface area contributed by atoms with Gasteiger partial charge in [-0.3, -0.25) is 0 Å². The molecule has 1 saturated heterocycles. The number of aromatic hydroxyl groups is 1. The van der Waals surface area contributed by atoms with Crippen LogP contribution in [0.25, 0.3) is 0 Å². The molecule has 2 heterocycles. The standard InChI is InChI=1S/C22H26N2O2S/c1-13-6-5-7-15(8-13)17-11-22(12-21(3,4)23-20(27)24-22)26-18-10-16(25)9-14(2)19(17)18/h5-10,17,25H,11-12H2,1-4H3,(H2,23,24,27)/t17-,22+/m1/s1. The Hall–Kier alpha value is -2.27. The summed E-state index contributed by atoms with van der Waals surface area (Å²) >= 11 is 5.48. The summed E-state index contributed by atoms with van der Waals surface area (Å²) in [6.45, 7) is 8.42. The van der Waals surface area contributed by atoms with Gasteiger partial charge in [-0.2, -0.15) is 0 Å². The van der Waals surface area contributed by atoms with Crippen LogP contribution in [0.1, 0.15) is 54.9 Å². The lowest BCUT2D eigenvalue weighted by Crippen LogP contribution is -2.69. The van der Waals surface area contributed by atoms with Crippen LogP contribution < -0.4 is 15.4 Å². The summed E-state index contributed by atoms with van der Waals surface area (Å²) in [6, 6.07) is 12.2. The van der Waals surface area contributed by atoms with E-state index in [4.69, 9.17) is 17.0 Å². The van der Waals surface area contributed by atoms with Crippen LogP contribution in [0.3, 0.4) is 0 Å². The van der Waals surface area contributed by atoms with Gasteiger partial charge in [-0.25, -0.2) is 0 Å². The number of phenols is 1. The number of fused-ring (bicyclic) bond motifs is 1. The molecular weight excluding hydrogens is 356 g/mol. The quantitative estimate of drug-likeness (QED) is 0.643. The Morgan fingerprint density at radius 1 is 1.15 bits per heavy atom. The fourth-order valence-electron chi connectivity index (χ4n) is 4.67. The molecule has 0 amide bonds. The molecule has 4 nitrogen and oxygen atoms in total. The normalized spacial score (nSPS) is 25.9. The SMILES string of the molecule is Cc1cccc([C@H]2C[C@@]3(CC(C)(C)NC(=S)N3)Oc3cc(O)cc(C)c32)c1. The number of hydrogen-bond donors (Lipinski definition) is 3.